The van der Waals surface area contributed by atoms with E-state index < -0.39 is 0 Å². The van der Waals surface area contributed by atoms with Crippen LogP contribution < -0.4 is 10.5 Å². The highest BCUT2D eigenvalue weighted by Gasteiger charge is 1.99. The lowest BCUT2D eigenvalue weighted by Gasteiger charge is -2.02. The van der Waals surface area contributed by atoms with E-state index in [1.807, 2.05) is 0 Å². The Labute approximate surface area is 74.3 Å². The number of carbonyl (C=O) groups excluding carboxylic acids is 1. The van der Waals surface area contributed by atoms with Gasteiger partial charge in [0.15, 0.2) is 6.29 Å². The van der Waals surface area contributed by atoms with Gasteiger partial charge in [0.2, 0.25) is 0 Å². The lowest BCUT2D eigenvalue weighted by atomic mass is 10.4. The lowest BCUT2D eigenvalue weighted by Crippen LogP contribution is -1.99. The van der Waals surface area contributed by atoms with Crippen LogP contribution in [-0.2, 0) is 4.79 Å². The first-order valence-electron chi connectivity index (χ1n) is 3.21. The maximum absolute atomic E-state index is 9.93. The molecule has 12 heavy (non-hydrogen) atoms. The van der Waals surface area contributed by atoms with Crippen molar-refractivity contribution in [3.63, 3.8) is 0 Å². The van der Waals surface area contributed by atoms with Crippen LogP contribution in [0, 0.1) is 0 Å². The third kappa shape index (κ3) is 2.10. The van der Waals surface area contributed by atoms with Gasteiger partial charge in [0, 0.05) is 6.07 Å². The summed E-state index contributed by atoms with van der Waals surface area (Å²) in [6.45, 7) is -0.0120. The van der Waals surface area contributed by atoms with Gasteiger partial charge in [0.25, 0.3) is 0 Å². The minimum atomic E-state index is -0.0120. The van der Waals surface area contributed by atoms with Crippen LogP contribution in [0.15, 0.2) is 12.3 Å². The van der Waals surface area contributed by atoms with Gasteiger partial charge in [-0.2, -0.15) is 0 Å². The largest absolute Gasteiger partial charge is 0.484 e. The first-order chi connectivity index (χ1) is 5.74. The molecule has 0 amide bonds. The van der Waals surface area contributed by atoms with E-state index in [9.17, 15) is 4.79 Å². The van der Waals surface area contributed by atoms with Crippen LogP contribution >= 0.6 is 11.6 Å². The summed E-state index contributed by atoms with van der Waals surface area (Å²) in [6, 6.07) is 1.51. The van der Waals surface area contributed by atoms with Crippen molar-refractivity contribution in [1.29, 1.82) is 0 Å². The predicted molar refractivity (Wildman–Crippen MR) is 45.2 cm³/mol. The second-order valence-corrected chi connectivity index (χ2v) is 2.42. The molecule has 1 aromatic rings. The second kappa shape index (κ2) is 3.92. The minimum Gasteiger partial charge on any atom is -0.484 e. The summed E-state index contributed by atoms with van der Waals surface area (Å²) < 4.78 is 4.92. The number of rotatable bonds is 3. The van der Waals surface area contributed by atoms with Crippen LogP contribution in [-0.4, -0.2) is 17.9 Å². The Morgan fingerprint density at radius 3 is 3.08 bits per heavy atom. The van der Waals surface area contributed by atoms with Crippen molar-refractivity contribution in [2.75, 3.05) is 12.3 Å². The summed E-state index contributed by atoms with van der Waals surface area (Å²) in [7, 11) is 0. The molecule has 0 aromatic carbocycles. The van der Waals surface area contributed by atoms with Crippen molar-refractivity contribution in [1.82, 2.24) is 4.98 Å². The van der Waals surface area contributed by atoms with E-state index in [2.05, 4.69) is 4.98 Å². The van der Waals surface area contributed by atoms with E-state index in [0.29, 0.717) is 17.1 Å². The third-order valence-electron chi connectivity index (χ3n) is 1.16. The molecule has 2 N–H and O–H groups in total. The van der Waals surface area contributed by atoms with Crippen LogP contribution in [0.25, 0.3) is 0 Å². The zero-order chi connectivity index (χ0) is 8.97. The molecule has 0 aliphatic rings. The molecule has 0 radical (unpaired) electrons. The van der Waals surface area contributed by atoms with Gasteiger partial charge in [0.05, 0.1) is 11.2 Å². The molecule has 1 heterocycles. The van der Waals surface area contributed by atoms with Gasteiger partial charge in [-0.25, -0.2) is 4.98 Å². The summed E-state index contributed by atoms with van der Waals surface area (Å²) in [4.78, 5) is 13.7. The summed E-state index contributed by atoms with van der Waals surface area (Å²) >= 11 is 5.64. The lowest BCUT2D eigenvalue weighted by molar-refractivity contribution is -0.109. The Morgan fingerprint density at radius 2 is 2.50 bits per heavy atom. The van der Waals surface area contributed by atoms with Crippen molar-refractivity contribution in [3.8, 4) is 5.75 Å². The molecule has 0 saturated heterocycles. The average molecular weight is 187 g/mol. The molecule has 0 bridgehead atoms. The fraction of sp³-hybridized carbons (Fsp3) is 0.143. The molecule has 0 aliphatic heterocycles. The number of anilines is 1. The van der Waals surface area contributed by atoms with Gasteiger partial charge in [-0.05, 0) is 0 Å². The number of pyridine rings is 1. The van der Waals surface area contributed by atoms with Crippen molar-refractivity contribution >= 4 is 23.7 Å². The van der Waals surface area contributed by atoms with Gasteiger partial charge >= 0.3 is 0 Å². The topological polar surface area (TPSA) is 65.2 Å². The monoisotopic (exact) mass is 186 g/mol. The highest BCUT2D eigenvalue weighted by Crippen LogP contribution is 2.20. The van der Waals surface area contributed by atoms with Gasteiger partial charge in [-0.3, -0.25) is 4.79 Å². The van der Waals surface area contributed by atoms with Gasteiger partial charge in [0.1, 0.15) is 18.2 Å². The predicted octanol–water partition coefficient (Wildman–Crippen LogP) is 0.895. The third-order valence-corrected chi connectivity index (χ3v) is 1.47. The van der Waals surface area contributed by atoms with Crippen LogP contribution in [0.4, 0.5) is 5.82 Å². The SMILES string of the molecule is Nc1ncc(OCC=O)cc1Cl. The molecule has 0 spiro atoms. The van der Waals surface area contributed by atoms with Gasteiger partial charge in [-0.15, -0.1) is 0 Å². The molecule has 0 atom stereocenters. The highest BCUT2D eigenvalue weighted by atomic mass is 35.5. The number of nitrogens with zero attached hydrogens (tertiary/aromatic N) is 1. The van der Waals surface area contributed by atoms with E-state index in [-0.39, 0.29) is 12.4 Å². The smallest absolute Gasteiger partial charge is 0.157 e. The first-order valence-corrected chi connectivity index (χ1v) is 3.59. The molecule has 5 heteroatoms. The number of nitrogens with two attached hydrogens (primary N) is 1. The van der Waals surface area contributed by atoms with Gasteiger partial charge in [-0.1, -0.05) is 11.6 Å². The van der Waals surface area contributed by atoms with Crippen molar-refractivity contribution in [2.24, 2.45) is 0 Å². The molecular weight excluding hydrogens is 180 g/mol. The molecule has 0 saturated carbocycles. The van der Waals surface area contributed by atoms with E-state index in [1.165, 1.54) is 12.3 Å². The highest BCUT2D eigenvalue weighted by molar-refractivity contribution is 6.32. The zero-order valence-electron chi connectivity index (χ0n) is 6.16. The van der Waals surface area contributed by atoms with Crippen molar-refractivity contribution in [2.45, 2.75) is 0 Å². The maximum Gasteiger partial charge on any atom is 0.157 e. The Balaban J connectivity index is 2.75. The van der Waals surface area contributed by atoms with Crippen molar-refractivity contribution in [3.05, 3.63) is 17.3 Å². The summed E-state index contributed by atoms with van der Waals surface area (Å²) in [5.41, 5.74) is 5.35. The number of carbonyl (C=O) groups is 1. The molecule has 0 aliphatic carbocycles. The second-order valence-electron chi connectivity index (χ2n) is 2.02. The number of ether oxygens (including phenoxy) is 1. The average Bonchev–Trinajstić information content (AvgIpc) is 2.07. The molecular formula is C7H7ClN2O2. The Hall–Kier alpha value is -1.29. The summed E-state index contributed by atoms with van der Waals surface area (Å²) in [5, 5.41) is 0.318. The molecule has 1 aromatic heterocycles. The van der Waals surface area contributed by atoms with Crippen LogP contribution in [0.5, 0.6) is 5.75 Å². The Kier molecular flexibility index (Phi) is 2.88. The maximum atomic E-state index is 9.93. The fourth-order valence-electron chi connectivity index (χ4n) is 0.640. The molecule has 1 rings (SSSR count). The van der Waals surface area contributed by atoms with E-state index in [4.69, 9.17) is 22.1 Å². The number of hydrogen-bond acceptors (Lipinski definition) is 4. The Morgan fingerprint density at radius 1 is 1.75 bits per heavy atom. The van der Waals surface area contributed by atoms with E-state index in [0.717, 1.165) is 0 Å². The normalized spacial score (nSPS) is 9.42. The number of aromatic nitrogens is 1. The molecule has 4 nitrogen and oxygen atoms in total. The van der Waals surface area contributed by atoms with Crippen LogP contribution in [0.1, 0.15) is 0 Å². The fourth-order valence-corrected chi connectivity index (χ4v) is 0.796. The quantitative estimate of drug-likeness (QED) is 0.713. The first kappa shape index (κ1) is 8.80. The number of halogens is 1. The summed E-state index contributed by atoms with van der Waals surface area (Å²) in [5.74, 6) is 0.677. The summed E-state index contributed by atoms with van der Waals surface area (Å²) in [6.07, 6.45) is 2.05. The van der Waals surface area contributed by atoms with Crippen LogP contribution in [0.2, 0.25) is 5.02 Å². The Bertz CT molecular complexity index is 291. The molecule has 64 valence electrons. The number of nitrogen functional groups attached to an aromatic ring is 1. The van der Waals surface area contributed by atoms with E-state index in [1.54, 1.807) is 0 Å². The molecule has 0 fully saturated rings. The standard InChI is InChI=1S/C7H7ClN2O2/c8-6-3-5(12-2-1-11)4-10-7(6)9/h1,3-4H,2H2,(H2,9,10). The van der Waals surface area contributed by atoms with Crippen molar-refractivity contribution < 1.29 is 9.53 Å². The molecule has 0 unspecified atom stereocenters. The zero-order valence-corrected chi connectivity index (χ0v) is 6.91. The number of aldehydes is 1. The van der Waals surface area contributed by atoms with E-state index >= 15 is 0 Å². The van der Waals surface area contributed by atoms with Gasteiger partial charge < -0.3 is 10.5 Å². The minimum absolute atomic E-state index is 0.0120. The van der Waals surface area contributed by atoms with Crippen LogP contribution in [0.3, 0.4) is 0 Å². The number of hydrogen-bond donors (Lipinski definition) is 1.